The van der Waals surface area contributed by atoms with Gasteiger partial charge < -0.3 is 4.57 Å². The van der Waals surface area contributed by atoms with Crippen LogP contribution in [-0.2, 0) is 16.6 Å². The van der Waals surface area contributed by atoms with Crippen LogP contribution in [0.25, 0.3) is 0 Å². The number of primary sulfonamides is 1. The first-order chi connectivity index (χ1) is 9.29. The molecule has 0 aliphatic rings. The summed E-state index contributed by atoms with van der Waals surface area (Å²) < 4.78 is 37.2. The van der Waals surface area contributed by atoms with Crippen LogP contribution in [0.2, 0.25) is 0 Å². The summed E-state index contributed by atoms with van der Waals surface area (Å²) in [7, 11) is -3.94. The quantitative estimate of drug-likeness (QED) is 0.655. The maximum absolute atomic E-state index is 13.8. The van der Waals surface area contributed by atoms with Crippen LogP contribution in [0.15, 0.2) is 35.7 Å². The van der Waals surface area contributed by atoms with E-state index in [2.05, 4.69) is 4.98 Å². The van der Waals surface area contributed by atoms with Crippen molar-refractivity contribution in [3.05, 3.63) is 52.2 Å². The average molecular weight is 300 g/mol. The molecule has 0 fully saturated rings. The van der Waals surface area contributed by atoms with E-state index in [0.717, 1.165) is 18.6 Å². The van der Waals surface area contributed by atoms with Crippen molar-refractivity contribution in [2.75, 3.05) is 0 Å². The average Bonchev–Trinajstić information content (AvgIpc) is 2.80. The van der Waals surface area contributed by atoms with Crippen molar-refractivity contribution in [2.24, 2.45) is 5.14 Å². The zero-order chi connectivity index (χ0) is 14.9. The Morgan fingerprint density at radius 3 is 2.70 bits per heavy atom. The van der Waals surface area contributed by atoms with Gasteiger partial charge in [0.25, 0.3) is 10.0 Å². The first-order valence-corrected chi connectivity index (χ1v) is 6.80. The number of nitrogens with zero attached hydrogens (tertiary/aromatic N) is 3. The Bertz CT molecular complexity index is 771. The molecule has 2 rings (SSSR count). The Balaban J connectivity index is 2.34. The normalized spacial score (nSPS) is 11.5. The molecule has 106 valence electrons. The maximum atomic E-state index is 13.8. The molecular weight excluding hydrogens is 291 g/mol. The Morgan fingerprint density at radius 1 is 1.45 bits per heavy atom. The molecule has 0 saturated carbocycles. The zero-order valence-corrected chi connectivity index (χ0v) is 10.7. The third-order valence-corrected chi connectivity index (χ3v) is 3.30. The minimum absolute atomic E-state index is 0.0394. The minimum atomic E-state index is -3.94. The Labute approximate surface area is 112 Å². The van der Waals surface area contributed by atoms with Gasteiger partial charge in [0.05, 0.1) is 17.8 Å². The van der Waals surface area contributed by atoms with E-state index in [-0.39, 0.29) is 17.1 Å². The van der Waals surface area contributed by atoms with Crippen LogP contribution in [-0.4, -0.2) is 22.9 Å². The highest BCUT2D eigenvalue weighted by molar-refractivity contribution is 7.89. The number of sulfonamides is 1. The highest BCUT2D eigenvalue weighted by Crippen LogP contribution is 2.21. The molecule has 0 aliphatic carbocycles. The van der Waals surface area contributed by atoms with Gasteiger partial charge in [-0.2, -0.15) is 4.39 Å². The van der Waals surface area contributed by atoms with E-state index in [1.165, 1.54) is 16.7 Å². The summed E-state index contributed by atoms with van der Waals surface area (Å²) in [5.41, 5.74) is -0.605. The van der Waals surface area contributed by atoms with E-state index >= 15 is 0 Å². The molecule has 0 radical (unpaired) electrons. The summed E-state index contributed by atoms with van der Waals surface area (Å²) in [4.78, 5) is 13.3. The van der Waals surface area contributed by atoms with Crippen molar-refractivity contribution in [3.63, 3.8) is 0 Å². The molecular formula is C10H9FN4O4S. The molecule has 1 aromatic carbocycles. The van der Waals surface area contributed by atoms with Gasteiger partial charge in [0.15, 0.2) is 5.03 Å². The van der Waals surface area contributed by atoms with Gasteiger partial charge >= 0.3 is 5.69 Å². The molecule has 0 amide bonds. The molecule has 20 heavy (non-hydrogen) atoms. The fourth-order valence-electron chi connectivity index (χ4n) is 1.60. The third-order valence-electron chi connectivity index (χ3n) is 2.51. The van der Waals surface area contributed by atoms with Crippen LogP contribution in [0.1, 0.15) is 5.56 Å². The lowest BCUT2D eigenvalue weighted by atomic mass is 10.2. The van der Waals surface area contributed by atoms with Gasteiger partial charge in [0.2, 0.25) is 5.82 Å². The fourth-order valence-corrected chi connectivity index (χ4v) is 2.08. The zero-order valence-electron chi connectivity index (χ0n) is 9.93. The highest BCUT2D eigenvalue weighted by atomic mass is 32.2. The number of imidazole rings is 1. The van der Waals surface area contributed by atoms with Crippen molar-refractivity contribution in [1.29, 1.82) is 0 Å². The largest absolute Gasteiger partial charge is 0.332 e. The number of nitro benzene ring substituents is 1. The number of hydrogen-bond donors (Lipinski definition) is 1. The number of hydrogen-bond acceptors (Lipinski definition) is 5. The van der Waals surface area contributed by atoms with Crippen LogP contribution in [0.5, 0.6) is 0 Å². The number of benzene rings is 1. The highest BCUT2D eigenvalue weighted by Gasteiger charge is 2.18. The van der Waals surface area contributed by atoms with Gasteiger partial charge in [-0.1, -0.05) is 12.1 Å². The van der Waals surface area contributed by atoms with Crippen LogP contribution >= 0.6 is 0 Å². The van der Waals surface area contributed by atoms with E-state index in [1.807, 2.05) is 0 Å². The van der Waals surface area contributed by atoms with Crippen molar-refractivity contribution in [2.45, 2.75) is 11.6 Å². The summed E-state index contributed by atoms with van der Waals surface area (Å²) in [6.07, 6.45) is 2.27. The lowest BCUT2D eigenvalue weighted by molar-refractivity contribution is -0.387. The molecule has 10 heteroatoms. The molecule has 1 aromatic heterocycles. The first kappa shape index (κ1) is 14.1. The van der Waals surface area contributed by atoms with E-state index in [0.29, 0.717) is 0 Å². The lowest BCUT2D eigenvalue weighted by Crippen LogP contribution is -2.12. The predicted octanol–water partition coefficient (Wildman–Crippen LogP) is 0.626. The molecule has 1 heterocycles. The van der Waals surface area contributed by atoms with Crippen LogP contribution < -0.4 is 5.14 Å². The maximum Gasteiger partial charge on any atom is 0.305 e. The van der Waals surface area contributed by atoms with E-state index in [4.69, 9.17) is 5.14 Å². The number of nitrogens with two attached hydrogens (primary N) is 1. The lowest BCUT2D eigenvalue weighted by Gasteiger charge is -2.04. The van der Waals surface area contributed by atoms with Gasteiger partial charge in [-0.15, -0.1) is 0 Å². The molecule has 2 N–H and O–H groups in total. The number of halogens is 1. The standard InChI is InChI=1S/C10H9FN4O4S/c11-10-7(2-1-3-8(10)15(16)17)4-14-5-9(13-6-14)20(12,18)19/h1-3,5-6H,4H2,(H2,12,18,19). The predicted molar refractivity (Wildman–Crippen MR) is 65.8 cm³/mol. The van der Waals surface area contributed by atoms with Crippen LogP contribution in [0.4, 0.5) is 10.1 Å². The topological polar surface area (TPSA) is 121 Å². The fraction of sp³-hybridized carbons (Fsp3) is 0.100. The molecule has 0 saturated heterocycles. The summed E-state index contributed by atoms with van der Waals surface area (Å²) in [5, 5.41) is 15.1. The van der Waals surface area contributed by atoms with Crippen LogP contribution in [0, 0.1) is 15.9 Å². The summed E-state index contributed by atoms with van der Waals surface area (Å²) >= 11 is 0. The van der Waals surface area contributed by atoms with Gasteiger partial charge in [-0.3, -0.25) is 10.1 Å². The van der Waals surface area contributed by atoms with Gasteiger partial charge in [-0.25, -0.2) is 18.5 Å². The van der Waals surface area contributed by atoms with Crippen LogP contribution in [0.3, 0.4) is 0 Å². The molecule has 0 bridgehead atoms. The Hall–Kier alpha value is -2.33. The number of nitro groups is 1. The second-order valence-electron chi connectivity index (χ2n) is 3.94. The monoisotopic (exact) mass is 300 g/mol. The molecule has 0 unspecified atom stereocenters. The van der Waals surface area contributed by atoms with Crippen molar-refractivity contribution in [1.82, 2.24) is 9.55 Å². The Kier molecular flexibility index (Phi) is 3.51. The SMILES string of the molecule is NS(=O)(=O)c1cn(Cc2cccc([N+](=O)[O-])c2F)cn1. The van der Waals surface area contributed by atoms with E-state index < -0.39 is 26.5 Å². The van der Waals surface area contributed by atoms with Crippen molar-refractivity contribution >= 4 is 15.7 Å². The first-order valence-electron chi connectivity index (χ1n) is 5.25. The second kappa shape index (κ2) is 4.98. The molecule has 2 aromatic rings. The molecule has 0 atom stereocenters. The smallest absolute Gasteiger partial charge is 0.305 e. The number of aromatic nitrogens is 2. The summed E-state index contributed by atoms with van der Waals surface area (Å²) in [6.45, 7) is -0.101. The number of rotatable bonds is 4. The third kappa shape index (κ3) is 2.81. The summed E-state index contributed by atoms with van der Waals surface area (Å²) in [6, 6.07) is 3.75. The molecule has 8 nitrogen and oxygen atoms in total. The second-order valence-corrected chi connectivity index (χ2v) is 5.44. The van der Waals surface area contributed by atoms with E-state index in [1.54, 1.807) is 0 Å². The molecule has 0 aliphatic heterocycles. The Morgan fingerprint density at radius 2 is 2.15 bits per heavy atom. The van der Waals surface area contributed by atoms with Crippen molar-refractivity contribution in [3.8, 4) is 0 Å². The molecule has 0 spiro atoms. The summed E-state index contributed by atoms with van der Waals surface area (Å²) in [5.74, 6) is -0.969. The van der Waals surface area contributed by atoms with Gasteiger partial charge in [0.1, 0.15) is 0 Å². The van der Waals surface area contributed by atoms with E-state index in [9.17, 15) is 22.9 Å². The minimum Gasteiger partial charge on any atom is -0.332 e. The van der Waals surface area contributed by atoms with Gasteiger partial charge in [-0.05, 0) is 0 Å². The van der Waals surface area contributed by atoms with Crippen molar-refractivity contribution < 1.29 is 17.7 Å². The van der Waals surface area contributed by atoms with Gasteiger partial charge in [0, 0.05) is 17.8 Å².